The van der Waals surface area contributed by atoms with Crippen LogP contribution in [0.25, 0.3) is 0 Å². The molecule has 2 rings (SSSR count). The molecular formula is C14H16O5. The quantitative estimate of drug-likeness (QED) is 0.647. The van der Waals surface area contributed by atoms with Crippen LogP contribution in [0, 0.1) is 0 Å². The van der Waals surface area contributed by atoms with Gasteiger partial charge >= 0.3 is 11.9 Å². The van der Waals surface area contributed by atoms with Gasteiger partial charge in [-0.15, -0.1) is 0 Å². The molecule has 0 unspecified atom stereocenters. The van der Waals surface area contributed by atoms with Gasteiger partial charge in [-0.2, -0.15) is 0 Å². The molecule has 19 heavy (non-hydrogen) atoms. The molecule has 1 aliphatic rings. The Labute approximate surface area is 111 Å². The van der Waals surface area contributed by atoms with E-state index in [-0.39, 0.29) is 0 Å². The number of hydrogen-bond acceptors (Lipinski definition) is 5. The summed E-state index contributed by atoms with van der Waals surface area (Å²) in [7, 11) is 0. The van der Waals surface area contributed by atoms with Crippen molar-refractivity contribution < 1.29 is 24.2 Å². The van der Waals surface area contributed by atoms with Crippen molar-refractivity contribution in [2.75, 3.05) is 0 Å². The molecule has 0 spiro atoms. The van der Waals surface area contributed by atoms with E-state index in [1.54, 1.807) is 18.2 Å². The Bertz CT molecular complexity index is 509. The van der Waals surface area contributed by atoms with Crippen LogP contribution in [0.1, 0.15) is 37.5 Å². The van der Waals surface area contributed by atoms with Gasteiger partial charge in [-0.3, -0.25) is 9.59 Å². The molecule has 0 radical (unpaired) electrons. The molecule has 2 atom stereocenters. The van der Waals surface area contributed by atoms with Crippen LogP contribution < -0.4 is 4.74 Å². The first-order chi connectivity index (χ1) is 8.99. The summed E-state index contributed by atoms with van der Waals surface area (Å²) in [4.78, 5) is 22.0. The summed E-state index contributed by atoms with van der Waals surface area (Å²) in [6, 6.07) is 5.15. The maximum absolute atomic E-state index is 11.0. The van der Waals surface area contributed by atoms with E-state index in [0.29, 0.717) is 24.2 Å². The van der Waals surface area contributed by atoms with Gasteiger partial charge in [0.1, 0.15) is 18.0 Å². The Morgan fingerprint density at radius 2 is 2.00 bits per heavy atom. The molecule has 0 fully saturated rings. The SMILES string of the molecule is CC(=O)Oc1cccc2c1CC[C@@H](OC(C)=O)[C@H]2O. The number of carbonyl (C=O) groups excluding carboxylic acids is 2. The molecule has 5 nitrogen and oxygen atoms in total. The average molecular weight is 264 g/mol. The molecule has 1 N–H and O–H groups in total. The lowest BCUT2D eigenvalue weighted by atomic mass is 9.86. The molecule has 1 aromatic carbocycles. The lowest BCUT2D eigenvalue weighted by Crippen LogP contribution is -2.30. The highest BCUT2D eigenvalue weighted by Crippen LogP contribution is 2.36. The Kier molecular flexibility index (Phi) is 3.85. The van der Waals surface area contributed by atoms with E-state index in [0.717, 1.165) is 5.56 Å². The van der Waals surface area contributed by atoms with Gasteiger partial charge < -0.3 is 14.6 Å². The van der Waals surface area contributed by atoms with E-state index in [1.807, 2.05) is 0 Å². The summed E-state index contributed by atoms with van der Waals surface area (Å²) < 4.78 is 10.2. The van der Waals surface area contributed by atoms with Crippen LogP contribution in [0.3, 0.4) is 0 Å². The standard InChI is InChI=1S/C14H16O5/c1-8(15)18-12-5-3-4-11-10(12)6-7-13(14(11)17)19-9(2)16/h3-5,13-14,17H,6-7H2,1-2H3/t13-,14+/m1/s1. The number of carbonyl (C=O) groups is 2. The number of aliphatic hydroxyl groups is 1. The summed E-state index contributed by atoms with van der Waals surface area (Å²) in [5.41, 5.74) is 1.45. The molecule has 1 aromatic rings. The highest BCUT2D eigenvalue weighted by molar-refractivity contribution is 5.70. The third kappa shape index (κ3) is 2.93. The Morgan fingerprint density at radius 1 is 1.26 bits per heavy atom. The van der Waals surface area contributed by atoms with E-state index < -0.39 is 24.1 Å². The van der Waals surface area contributed by atoms with Crippen molar-refractivity contribution in [2.24, 2.45) is 0 Å². The fourth-order valence-corrected chi connectivity index (χ4v) is 2.36. The zero-order valence-corrected chi connectivity index (χ0v) is 10.9. The summed E-state index contributed by atoms with van der Waals surface area (Å²) >= 11 is 0. The highest BCUT2D eigenvalue weighted by atomic mass is 16.6. The van der Waals surface area contributed by atoms with Crippen LogP contribution in [0.5, 0.6) is 5.75 Å². The summed E-state index contributed by atoms with van der Waals surface area (Å²) in [6.45, 7) is 2.65. The number of ether oxygens (including phenoxy) is 2. The van der Waals surface area contributed by atoms with Crippen LogP contribution in [0.15, 0.2) is 18.2 Å². The molecule has 102 valence electrons. The van der Waals surface area contributed by atoms with Crippen molar-refractivity contribution in [1.29, 1.82) is 0 Å². The largest absolute Gasteiger partial charge is 0.459 e. The van der Waals surface area contributed by atoms with E-state index in [4.69, 9.17) is 9.47 Å². The molecule has 0 bridgehead atoms. The number of fused-ring (bicyclic) bond motifs is 1. The summed E-state index contributed by atoms with van der Waals surface area (Å²) in [6.07, 6.45) is -0.333. The van der Waals surface area contributed by atoms with Crippen molar-refractivity contribution in [3.05, 3.63) is 29.3 Å². The number of hydrogen-bond donors (Lipinski definition) is 1. The second-order valence-corrected chi connectivity index (χ2v) is 4.55. The minimum atomic E-state index is -0.886. The maximum Gasteiger partial charge on any atom is 0.308 e. The summed E-state index contributed by atoms with van der Waals surface area (Å²) in [5, 5.41) is 10.2. The number of rotatable bonds is 2. The molecule has 0 saturated carbocycles. The van der Waals surface area contributed by atoms with Crippen LogP contribution in [0.4, 0.5) is 0 Å². The molecule has 1 aliphatic carbocycles. The fraction of sp³-hybridized carbons (Fsp3) is 0.429. The van der Waals surface area contributed by atoms with Crippen molar-refractivity contribution in [1.82, 2.24) is 0 Å². The Morgan fingerprint density at radius 3 is 2.63 bits per heavy atom. The molecular weight excluding hydrogens is 248 g/mol. The Hall–Kier alpha value is -1.88. The topological polar surface area (TPSA) is 72.8 Å². The minimum absolute atomic E-state index is 0.398. The van der Waals surface area contributed by atoms with Crippen LogP contribution in [-0.2, 0) is 20.7 Å². The van der Waals surface area contributed by atoms with Crippen LogP contribution in [0.2, 0.25) is 0 Å². The zero-order chi connectivity index (χ0) is 14.0. The molecule has 0 heterocycles. The lowest BCUT2D eigenvalue weighted by Gasteiger charge is -2.30. The van der Waals surface area contributed by atoms with E-state index >= 15 is 0 Å². The van der Waals surface area contributed by atoms with Gasteiger partial charge in [0, 0.05) is 19.4 Å². The first kappa shape index (κ1) is 13.5. The van der Waals surface area contributed by atoms with Gasteiger partial charge in [0.2, 0.25) is 0 Å². The molecule has 0 aromatic heterocycles. The van der Waals surface area contributed by atoms with Crippen molar-refractivity contribution in [2.45, 2.75) is 38.9 Å². The third-order valence-electron chi connectivity index (χ3n) is 3.09. The van der Waals surface area contributed by atoms with Gasteiger partial charge in [0.25, 0.3) is 0 Å². The first-order valence-corrected chi connectivity index (χ1v) is 6.14. The maximum atomic E-state index is 11.0. The van der Waals surface area contributed by atoms with Crippen molar-refractivity contribution in [3.63, 3.8) is 0 Å². The van der Waals surface area contributed by atoms with E-state index in [1.165, 1.54) is 13.8 Å². The molecule has 5 heteroatoms. The van der Waals surface area contributed by atoms with Gasteiger partial charge in [-0.05, 0) is 24.5 Å². The van der Waals surface area contributed by atoms with Gasteiger partial charge in [0.05, 0.1) is 0 Å². The lowest BCUT2D eigenvalue weighted by molar-refractivity contribution is -0.153. The van der Waals surface area contributed by atoms with Crippen molar-refractivity contribution >= 4 is 11.9 Å². The predicted molar refractivity (Wildman–Crippen MR) is 66.6 cm³/mol. The van der Waals surface area contributed by atoms with Gasteiger partial charge in [-0.1, -0.05) is 12.1 Å². The smallest absolute Gasteiger partial charge is 0.308 e. The van der Waals surface area contributed by atoms with Gasteiger partial charge in [-0.25, -0.2) is 0 Å². The fourth-order valence-electron chi connectivity index (χ4n) is 2.36. The van der Waals surface area contributed by atoms with Crippen LogP contribution in [-0.4, -0.2) is 23.1 Å². The Balaban J connectivity index is 2.29. The zero-order valence-electron chi connectivity index (χ0n) is 10.9. The highest BCUT2D eigenvalue weighted by Gasteiger charge is 2.31. The second kappa shape index (κ2) is 5.40. The third-order valence-corrected chi connectivity index (χ3v) is 3.09. The average Bonchev–Trinajstić information content (AvgIpc) is 2.32. The molecule has 0 amide bonds. The molecule has 0 saturated heterocycles. The number of esters is 2. The summed E-state index contributed by atoms with van der Waals surface area (Å²) in [5.74, 6) is -0.348. The monoisotopic (exact) mass is 264 g/mol. The number of benzene rings is 1. The van der Waals surface area contributed by atoms with E-state index in [2.05, 4.69) is 0 Å². The predicted octanol–water partition coefficient (Wildman–Crippen LogP) is 1.52. The van der Waals surface area contributed by atoms with E-state index in [9.17, 15) is 14.7 Å². The second-order valence-electron chi connectivity index (χ2n) is 4.55. The van der Waals surface area contributed by atoms with Crippen LogP contribution >= 0.6 is 0 Å². The first-order valence-electron chi connectivity index (χ1n) is 6.14. The minimum Gasteiger partial charge on any atom is -0.459 e. The van der Waals surface area contributed by atoms with Crippen molar-refractivity contribution in [3.8, 4) is 5.75 Å². The van der Waals surface area contributed by atoms with Gasteiger partial charge in [0.15, 0.2) is 0 Å². The normalized spacial score (nSPS) is 21.4. The number of aliphatic hydroxyl groups excluding tert-OH is 1. The molecule has 0 aliphatic heterocycles.